The van der Waals surface area contributed by atoms with Crippen molar-refractivity contribution in [2.45, 2.75) is 12.0 Å². The summed E-state index contributed by atoms with van der Waals surface area (Å²) in [5.74, 6) is -0.395. The van der Waals surface area contributed by atoms with Crippen molar-refractivity contribution >= 4 is 56.8 Å². The number of rotatable bonds is 4. The average molecular weight is 457 g/mol. The minimum Gasteiger partial charge on any atom is -0.328 e. The van der Waals surface area contributed by atoms with Crippen LogP contribution in [0.2, 0.25) is 10.0 Å². The topological polar surface area (TPSA) is 66.6 Å². The molecule has 1 heterocycles. The molecular formula is C18H16BrCl2N3O2. The number of carbonyl (C=O) groups is 2. The summed E-state index contributed by atoms with van der Waals surface area (Å²) in [5.41, 5.74) is 6.05. The molecule has 26 heavy (non-hydrogen) atoms. The van der Waals surface area contributed by atoms with Crippen LogP contribution in [0.3, 0.4) is 0 Å². The third-order valence-corrected chi connectivity index (χ3v) is 5.54. The SMILES string of the molecule is CN1C(=O)N(c2cc(Cl)cc(Cl)c2)C(=O)C1(CN)Cc1ccc(Br)cc1. The zero-order valence-corrected chi connectivity index (χ0v) is 17.0. The van der Waals surface area contributed by atoms with Gasteiger partial charge in [0, 0.05) is 34.5 Å². The molecule has 8 heteroatoms. The van der Waals surface area contributed by atoms with Gasteiger partial charge in [-0.3, -0.25) is 4.79 Å². The van der Waals surface area contributed by atoms with E-state index in [9.17, 15) is 9.59 Å². The van der Waals surface area contributed by atoms with Crippen molar-refractivity contribution in [2.75, 3.05) is 18.5 Å². The number of likely N-dealkylation sites (N-methyl/N-ethyl adjacent to an activating group) is 1. The first-order valence-electron chi connectivity index (χ1n) is 7.81. The highest BCUT2D eigenvalue weighted by Gasteiger charge is 2.55. The van der Waals surface area contributed by atoms with Crippen LogP contribution in [-0.4, -0.2) is 36.0 Å². The van der Waals surface area contributed by atoms with Crippen LogP contribution in [0.5, 0.6) is 0 Å². The van der Waals surface area contributed by atoms with Crippen molar-refractivity contribution in [2.24, 2.45) is 5.73 Å². The van der Waals surface area contributed by atoms with Crippen molar-refractivity contribution in [1.82, 2.24) is 4.90 Å². The monoisotopic (exact) mass is 455 g/mol. The summed E-state index contributed by atoms with van der Waals surface area (Å²) in [5, 5.41) is 0.683. The largest absolute Gasteiger partial charge is 0.332 e. The lowest BCUT2D eigenvalue weighted by molar-refractivity contribution is -0.124. The average Bonchev–Trinajstić information content (AvgIpc) is 2.77. The van der Waals surface area contributed by atoms with Crippen molar-refractivity contribution in [1.29, 1.82) is 0 Å². The summed E-state index contributed by atoms with van der Waals surface area (Å²) in [4.78, 5) is 28.6. The predicted molar refractivity (Wildman–Crippen MR) is 107 cm³/mol. The van der Waals surface area contributed by atoms with E-state index in [1.807, 2.05) is 24.3 Å². The van der Waals surface area contributed by atoms with E-state index in [-0.39, 0.29) is 6.54 Å². The molecule has 5 nitrogen and oxygen atoms in total. The second-order valence-corrected chi connectivity index (χ2v) is 7.94. The van der Waals surface area contributed by atoms with Crippen LogP contribution in [0.25, 0.3) is 0 Å². The Balaban J connectivity index is 2.02. The summed E-state index contributed by atoms with van der Waals surface area (Å²) in [6.45, 7) is -0.00502. The molecule has 136 valence electrons. The second kappa shape index (κ2) is 7.19. The van der Waals surface area contributed by atoms with Gasteiger partial charge in [-0.25, -0.2) is 9.69 Å². The third-order valence-electron chi connectivity index (χ3n) is 4.57. The first kappa shape index (κ1) is 19.2. The molecule has 0 aromatic heterocycles. The Morgan fingerprint density at radius 1 is 1.08 bits per heavy atom. The Bertz CT molecular complexity index is 855. The molecule has 1 unspecified atom stereocenters. The fraction of sp³-hybridized carbons (Fsp3) is 0.222. The predicted octanol–water partition coefficient (Wildman–Crippen LogP) is 4.09. The fourth-order valence-electron chi connectivity index (χ4n) is 3.10. The highest BCUT2D eigenvalue weighted by molar-refractivity contribution is 9.10. The van der Waals surface area contributed by atoms with Crippen LogP contribution in [0.15, 0.2) is 46.9 Å². The summed E-state index contributed by atoms with van der Waals surface area (Å²) >= 11 is 15.5. The lowest BCUT2D eigenvalue weighted by atomic mass is 9.89. The minimum absolute atomic E-state index is 0.00502. The van der Waals surface area contributed by atoms with Gasteiger partial charge in [0.1, 0.15) is 5.54 Å². The first-order valence-corrected chi connectivity index (χ1v) is 9.36. The molecule has 0 saturated carbocycles. The second-order valence-electron chi connectivity index (χ2n) is 6.15. The smallest absolute Gasteiger partial charge is 0.328 e. The van der Waals surface area contributed by atoms with Crippen LogP contribution < -0.4 is 10.6 Å². The molecule has 2 N–H and O–H groups in total. The summed E-state index contributed by atoms with van der Waals surface area (Å²) in [6, 6.07) is 11.7. The van der Waals surface area contributed by atoms with Crippen LogP contribution in [0.1, 0.15) is 5.56 Å². The Morgan fingerprint density at radius 2 is 1.65 bits per heavy atom. The van der Waals surface area contributed by atoms with Gasteiger partial charge in [0.05, 0.1) is 5.69 Å². The Hall–Kier alpha value is -1.60. The van der Waals surface area contributed by atoms with Crippen molar-refractivity contribution in [3.05, 3.63) is 62.5 Å². The number of hydrogen-bond donors (Lipinski definition) is 1. The van der Waals surface area contributed by atoms with Crippen molar-refractivity contribution in [3.8, 4) is 0 Å². The van der Waals surface area contributed by atoms with Gasteiger partial charge in [0.15, 0.2) is 0 Å². The fourth-order valence-corrected chi connectivity index (χ4v) is 3.88. The molecule has 3 amide bonds. The Morgan fingerprint density at radius 3 is 2.19 bits per heavy atom. The number of benzene rings is 2. The van der Waals surface area contributed by atoms with E-state index < -0.39 is 17.5 Å². The minimum atomic E-state index is -1.17. The standard InChI is InChI=1S/C18H16BrCl2N3O2/c1-23-17(26)24(15-7-13(20)6-14(21)8-15)16(25)18(23,10-22)9-11-2-4-12(19)5-3-11/h2-8H,9-10,22H2,1H3. The molecule has 1 atom stereocenters. The van der Waals surface area contributed by atoms with Gasteiger partial charge < -0.3 is 10.6 Å². The van der Waals surface area contributed by atoms with Crippen LogP contribution in [0, 0.1) is 0 Å². The molecule has 0 radical (unpaired) electrons. The number of urea groups is 1. The number of hydrogen-bond acceptors (Lipinski definition) is 3. The summed E-state index contributed by atoms with van der Waals surface area (Å²) < 4.78 is 0.931. The number of imide groups is 1. The lowest BCUT2D eigenvalue weighted by Gasteiger charge is -2.31. The molecular weight excluding hydrogens is 441 g/mol. The molecule has 0 bridgehead atoms. The Kier molecular flexibility index (Phi) is 5.30. The van der Waals surface area contributed by atoms with Crippen LogP contribution >= 0.6 is 39.1 Å². The lowest BCUT2D eigenvalue weighted by Crippen LogP contribution is -2.55. The zero-order valence-electron chi connectivity index (χ0n) is 13.9. The van der Waals surface area contributed by atoms with Gasteiger partial charge in [0.25, 0.3) is 5.91 Å². The molecule has 0 spiro atoms. The maximum absolute atomic E-state index is 13.3. The van der Waals surface area contributed by atoms with Gasteiger partial charge in [-0.2, -0.15) is 0 Å². The van der Waals surface area contributed by atoms with E-state index in [0.717, 1.165) is 14.9 Å². The van der Waals surface area contributed by atoms with Crippen LogP contribution in [-0.2, 0) is 11.2 Å². The number of nitrogens with zero attached hydrogens (tertiary/aromatic N) is 2. The number of nitrogens with two attached hydrogens (primary N) is 1. The molecule has 1 aliphatic heterocycles. The molecule has 3 rings (SSSR count). The van der Waals surface area contributed by atoms with Gasteiger partial charge in [-0.1, -0.05) is 51.3 Å². The molecule has 1 fully saturated rings. The van der Waals surface area contributed by atoms with E-state index in [2.05, 4.69) is 15.9 Å². The van der Waals surface area contributed by atoms with Crippen LogP contribution in [0.4, 0.5) is 10.5 Å². The highest BCUT2D eigenvalue weighted by Crippen LogP contribution is 2.35. The Labute approximate surface area is 169 Å². The van der Waals surface area contributed by atoms with Crippen molar-refractivity contribution in [3.63, 3.8) is 0 Å². The van der Waals surface area contributed by atoms with E-state index in [0.29, 0.717) is 22.2 Å². The normalized spacial score (nSPS) is 20.2. The molecule has 2 aromatic carbocycles. The van der Waals surface area contributed by atoms with E-state index in [1.54, 1.807) is 13.1 Å². The van der Waals surface area contributed by atoms with Gasteiger partial charge >= 0.3 is 6.03 Å². The van der Waals surface area contributed by atoms with Gasteiger partial charge in [-0.05, 0) is 35.9 Å². The molecule has 1 saturated heterocycles. The summed E-state index contributed by atoms with van der Waals surface area (Å²) in [6.07, 6.45) is 0.308. The maximum atomic E-state index is 13.3. The molecule has 2 aromatic rings. The van der Waals surface area contributed by atoms with Gasteiger partial charge in [-0.15, -0.1) is 0 Å². The quantitative estimate of drug-likeness (QED) is 0.704. The number of carbonyl (C=O) groups excluding carboxylic acids is 2. The number of halogens is 3. The first-order chi connectivity index (χ1) is 12.3. The van der Waals surface area contributed by atoms with E-state index in [1.165, 1.54) is 17.0 Å². The van der Waals surface area contributed by atoms with E-state index >= 15 is 0 Å². The summed E-state index contributed by atoms with van der Waals surface area (Å²) in [7, 11) is 1.58. The van der Waals surface area contributed by atoms with E-state index in [4.69, 9.17) is 28.9 Å². The third kappa shape index (κ3) is 3.22. The zero-order chi connectivity index (χ0) is 19.1. The van der Waals surface area contributed by atoms with Gasteiger partial charge in [0.2, 0.25) is 0 Å². The van der Waals surface area contributed by atoms with Crippen molar-refractivity contribution < 1.29 is 9.59 Å². The number of anilines is 1. The maximum Gasteiger partial charge on any atom is 0.332 e. The number of amides is 3. The highest BCUT2D eigenvalue weighted by atomic mass is 79.9. The molecule has 1 aliphatic rings. The molecule has 0 aliphatic carbocycles.